The van der Waals surface area contributed by atoms with Gasteiger partial charge in [0.05, 0.1) is 10.6 Å². The lowest BCUT2D eigenvalue weighted by Crippen LogP contribution is -2.06. The molecule has 0 spiro atoms. The number of hydrogen-bond donors (Lipinski definition) is 1. The summed E-state index contributed by atoms with van der Waals surface area (Å²) < 4.78 is 24.5. The molecule has 2 N–H and O–H groups in total. The maximum atomic E-state index is 12.2. The molecule has 0 saturated carbocycles. The van der Waals surface area contributed by atoms with Gasteiger partial charge in [-0.3, -0.25) is 0 Å². The molecule has 2 aromatic rings. The average Bonchev–Trinajstić information content (AvgIpc) is 2.33. The molecule has 2 rings (SSSR count). The van der Waals surface area contributed by atoms with Gasteiger partial charge in [-0.25, -0.2) is 8.42 Å². The van der Waals surface area contributed by atoms with Gasteiger partial charge in [-0.05, 0) is 35.9 Å². The lowest BCUT2D eigenvalue weighted by atomic mass is 10.2. The van der Waals surface area contributed by atoms with Gasteiger partial charge in [0.1, 0.15) is 0 Å². The van der Waals surface area contributed by atoms with Gasteiger partial charge in [-0.1, -0.05) is 35.3 Å². The van der Waals surface area contributed by atoms with Crippen LogP contribution < -0.4 is 5.73 Å². The summed E-state index contributed by atoms with van der Waals surface area (Å²) in [5.74, 6) is -0.188. The SMILES string of the molecule is Nc1cccc(S(=O)(=O)Cc2ccc(Cl)cc2Cl)c1. The number of anilines is 1. The molecule has 0 aliphatic carbocycles. The lowest BCUT2D eigenvalue weighted by Gasteiger charge is -2.07. The summed E-state index contributed by atoms with van der Waals surface area (Å²) >= 11 is 11.8. The van der Waals surface area contributed by atoms with Crippen molar-refractivity contribution in [3.8, 4) is 0 Å². The minimum atomic E-state index is -3.48. The van der Waals surface area contributed by atoms with E-state index in [4.69, 9.17) is 28.9 Å². The first kappa shape index (κ1) is 14.2. The van der Waals surface area contributed by atoms with E-state index >= 15 is 0 Å². The summed E-state index contributed by atoms with van der Waals surface area (Å²) in [6, 6.07) is 10.9. The molecule has 0 fully saturated rings. The molecule has 100 valence electrons. The average molecular weight is 316 g/mol. The van der Waals surface area contributed by atoms with Crippen molar-refractivity contribution in [2.24, 2.45) is 0 Å². The molecule has 0 radical (unpaired) electrons. The third-order valence-corrected chi connectivity index (χ3v) is 4.83. The van der Waals surface area contributed by atoms with Gasteiger partial charge >= 0.3 is 0 Å². The van der Waals surface area contributed by atoms with Gasteiger partial charge in [0.15, 0.2) is 9.84 Å². The Morgan fingerprint density at radius 1 is 1.05 bits per heavy atom. The van der Waals surface area contributed by atoms with Crippen molar-refractivity contribution in [2.75, 3.05) is 5.73 Å². The van der Waals surface area contributed by atoms with E-state index in [0.717, 1.165) is 0 Å². The van der Waals surface area contributed by atoms with E-state index in [1.165, 1.54) is 18.2 Å². The highest BCUT2D eigenvalue weighted by atomic mass is 35.5. The molecule has 0 unspecified atom stereocenters. The van der Waals surface area contributed by atoms with E-state index in [0.29, 0.717) is 21.3 Å². The van der Waals surface area contributed by atoms with E-state index in [2.05, 4.69) is 0 Å². The van der Waals surface area contributed by atoms with E-state index in [1.807, 2.05) is 0 Å². The topological polar surface area (TPSA) is 60.2 Å². The zero-order valence-corrected chi connectivity index (χ0v) is 12.1. The van der Waals surface area contributed by atoms with Crippen LogP contribution in [-0.2, 0) is 15.6 Å². The minimum Gasteiger partial charge on any atom is -0.399 e. The van der Waals surface area contributed by atoms with Crippen molar-refractivity contribution in [3.63, 3.8) is 0 Å². The van der Waals surface area contributed by atoms with Crippen LogP contribution >= 0.6 is 23.2 Å². The van der Waals surface area contributed by atoms with Crippen molar-refractivity contribution < 1.29 is 8.42 Å². The van der Waals surface area contributed by atoms with Gasteiger partial charge in [-0.15, -0.1) is 0 Å². The fourth-order valence-corrected chi connectivity index (χ4v) is 3.62. The molecule has 0 aromatic heterocycles. The second kappa shape index (κ2) is 5.41. The predicted octanol–water partition coefficient (Wildman–Crippen LogP) is 3.55. The monoisotopic (exact) mass is 315 g/mol. The van der Waals surface area contributed by atoms with Crippen LogP contribution in [0.25, 0.3) is 0 Å². The van der Waals surface area contributed by atoms with Crippen LogP contribution in [-0.4, -0.2) is 8.42 Å². The second-order valence-electron chi connectivity index (χ2n) is 4.07. The molecule has 0 heterocycles. The molecular formula is C13H11Cl2NO2S. The molecular weight excluding hydrogens is 305 g/mol. The Labute approximate surface area is 121 Å². The second-order valence-corrected chi connectivity index (χ2v) is 6.90. The molecule has 0 bridgehead atoms. The predicted molar refractivity (Wildman–Crippen MR) is 78.2 cm³/mol. The van der Waals surface area contributed by atoms with Crippen LogP contribution in [0, 0.1) is 0 Å². The number of nitrogen functional groups attached to an aromatic ring is 1. The Morgan fingerprint density at radius 3 is 2.42 bits per heavy atom. The lowest BCUT2D eigenvalue weighted by molar-refractivity contribution is 0.595. The highest BCUT2D eigenvalue weighted by Gasteiger charge is 2.17. The van der Waals surface area contributed by atoms with E-state index < -0.39 is 9.84 Å². The van der Waals surface area contributed by atoms with Crippen LogP contribution in [0.2, 0.25) is 10.0 Å². The van der Waals surface area contributed by atoms with E-state index in [-0.39, 0.29) is 10.6 Å². The number of nitrogens with two attached hydrogens (primary N) is 1. The maximum absolute atomic E-state index is 12.2. The van der Waals surface area contributed by atoms with E-state index in [1.54, 1.807) is 24.3 Å². The van der Waals surface area contributed by atoms with Crippen LogP contribution in [0.3, 0.4) is 0 Å². The van der Waals surface area contributed by atoms with E-state index in [9.17, 15) is 8.42 Å². The van der Waals surface area contributed by atoms with Gasteiger partial charge in [0.25, 0.3) is 0 Å². The summed E-state index contributed by atoms with van der Waals surface area (Å²) in [5, 5.41) is 0.801. The summed E-state index contributed by atoms with van der Waals surface area (Å²) in [4.78, 5) is 0.179. The molecule has 2 aromatic carbocycles. The molecule has 19 heavy (non-hydrogen) atoms. The maximum Gasteiger partial charge on any atom is 0.182 e. The number of benzene rings is 2. The van der Waals surface area contributed by atoms with Crippen LogP contribution in [0.5, 0.6) is 0 Å². The molecule has 3 nitrogen and oxygen atoms in total. The number of rotatable bonds is 3. The van der Waals surface area contributed by atoms with Crippen LogP contribution in [0.1, 0.15) is 5.56 Å². The normalized spacial score (nSPS) is 11.5. The minimum absolute atomic E-state index is 0.179. The smallest absolute Gasteiger partial charge is 0.182 e. The van der Waals surface area contributed by atoms with Crippen molar-refractivity contribution in [2.45, 2.75) is 10.6 Å². The third-order valence-electron chi connectivity index (χ3n) is 2.58. The molecule has 0 aliphatic rings. The summed E-state index contributed by atoms with van der Waals surface area (Å²) in [5.41, 5.74) is 6.50. The first-order valence-electron chi connectivity index (χ1n) is 5.41. The molecule has 0 saturated heterocycles. The quantitative estimate of drug-likeness (QED) is 0.881. The Hall–Kier alpha value is -1.23. The Bertz CT molecular complexity index is 714. The van der Waals surface area contributed by atoms with Gasteiger partial charge in [-0.2, -0.15) is 0 Å². The number of sulfone groups is 1. The van der Waals surface area contributed by atoms with Crippen molar-refractivity contribution in [3.05, 3.63) is 58.1 Å². The number of hydrogen-bond acceptors (Lipinski definition) is 3. The largest absolute Gasteiger partial charge is 0.399 e. The van der Waals surface area contributed by atoms with Crippen molar-refractivity contribution in [1.82, 2.24) is 0 Å². The first-order valence-corrected chi connectivity index (χ1v) is 7.81. The molecule has 6 heteroatoms. The summed E-state index contributed by atoms with van der Waals surface area (Å²) in [6.45, 7) is 0. The zero-order valence-electron chi connectivity index (χ0n) is 9.81. The first-order chi connectivity index (χ1) is 8.88. The molecule has 0 atom stereocenters. The van der Waals surface area contributed by atoms with Crippen molar-refractivity contribution in [1.29, 1.82) is 0 Å². The standard InChI is InChI=1S/C13H11Cl2NO2S/c14-10-5-4-9(13(15)6-10)8-19(17,18)12-3-1-2-11(16)7-12/h1-7H,8,16H2. The molecule has 0 amide bonds. The highest BCUT2D eigenvalue weighted by Crippen LogP contribution is 2.25. The fraction of sp³-hybridized carbons (Fsp3) is 0.0769. The Morgan fingerprint density at radius 2 is 1.79 bits per heavy atom. The van der Waals surface area contributed by atoms with Crippen LogP contribution in [0.4, 0.5) is 5.69 Å². The van der Waals surface area contributed by atoms with Gasteiger partial charge in [0.2, 0.25) is 0 Å². The summed E-state index contributed by atoms with van der Waals surface area (Å²) in [7, 11) is -3.48. The van der Waals surface area contributed by atoms with Gasteiger partial charge < -0.3 is 5.73 Å². The number of halogens is 2. The highest BCUT2D eigenvalue weighted by molar-refractivity contribution is 7.90. The molecule has 0 aliphatic heterocycles. The fourth-order valence-electron chi connectivity index (χ4n) is 1.63. The van der Waals surface area contributed by atoms with Crippen molar-refractivity contribution >= 4 is 38.7 Å². The summed E-state index contributed by atoms with van der Waals surface area (Å²) in [6.07, 6.45) is 0. The Balaban J connectivity index is 2.36. The van der Waals surface area contributed by atoms with Gasteiger partial charge in [0, 0.05) is 15.7 Å². The third kappa shape index (κ3) is 3.41. The van der Waals surface area contributed by atoms with Crippen LogP contribution in [0.15, 0.2) is 47.4 Å². The zero-order chi connectivity index (χ0) is 14.0. The Kier molecular flexibility index (Phi) is 4.04.